The molecule has 0 heterocycles. The number of halogens is 1. The van der Waals surface area contributed by atoms with Crippen molar-refractivity contribution in [3.8, 4) is 0 Å². The van der Waals surface area contributed by atoms with Gasteiger partial charge < -0.3 is 10.4 Å². The van der Waals surface area contributed by atoms with Gasteiger partial charge in [0.25, 0.3) is 5.69 Å². The summed E-state index contributed by atoms with van der Waals surface area (Å²) in [6, 6.07) is 4.19. The van der Waals surface area contributed by atoms with E-state index in [0.29, 0.717) is 4.47 Å². The number of carboxylic acids is 1. The predicted molar refractivity (Wildman–Crippen MR) is 74.4 cm³/mol. The van der Waals surface area contributed by atoms with Crippen molar-refractivity contribution >= 4 is 50.9 Å². The van der Waals surface area contributed by atoms with Crippen molar-refractivity contribution in [2.24, 2.45) is 0 Å². The van der Waals surface area contributed by atoms with E-state index in [1.165, 1.54) is 18.2 Å². The van der Waals surface area contributed by atoms with Crippen LogP contribution in [0.25, 0.3) is 0 Å². The average molecular weight is 349 g/mol. The van der Waals surface area contributed by atoms with Gasteiger partial charge in [-0.2, -0.15) is 0 Å². The molecule has 0 atom stereocenters. The van der Waals surface area contributed by atoms with Gasteiger partial charge in [-0.05, 0) is 28.1 Å². The van der Waals surface area contributed by atoms with Gasteiger partial charge >= 0.3 is 5.97 Å². The highest BCUT2D eigenvalue weighted by molar-refractivity contribution is 9.10. The van der Waals surface area contributed by atoms with E-state index in [2.05, 4.69) is 21.2 Å². The summed E-state index contributed by atoms with van der Waals surface area (Å²) in [6.07, 6.45) is 0. The maximum atomic E-state index is 11.5. The lowest BCUT2D eigenvalue weighted by atomic mass is 10.3. The molecule has 1 rings (SSSR count). The molecule has 1 amide bonds. The molecule has 0 saturated heterocycles. The minimum atomic E-state index is -1.00. The number of rotatable bonds is 6. The number of nitrogens with one attached hydrogen (secondary N) is 1. The van der Waals surface area contributed by atoms with Gasteiger partial charge in [0.1, 0.15) is 0 Å². The zero-order chi connectivity index (χ0) is 14.4. The third-order valence-corrected chi connectivity index (χ3v) is 3.47. The molecule has 0 bridgehead atoms. The van der Waals surface area contributed by atoms with E-state index in [4.69, 9.17) is 5.11 Å². The molecule has 0 spiro atoms. The number of carbonyl (C=O) groups excluding carboxylic acids is 1. The summed E-state index contributed by atoms with van der Waals surface area (Å²) in [5.41, 5.74) is 0.131. The summed E-state index contributed by atoms with van der Waals surface area (Å²) in [7, 11) is 0. The third-order valence-electron chi connectivity index (χ3n) is 1.89. The van der Waals surface area contributed by atoms with Crippen molar-refractivity contribution in [3.05, 3.63) is 32.8 Å². The van der Waals surface area contributed by atoms with E-state index >= 15 is 0 Å². The number of hydrogen-bond donors (Lipinski definition) is 2. The highest BCUT2D eigenvalue weighted by Crippen LogP contribution is 2.27. The van der Waals surface area contributed by atoms with Crippen LogP contribution >= 0.6 is 27.7 Å². The molecule has 0 aliphatic rings. The van der Waals surface area contributed by atoms with Gasteiger partial charge in [-0.15, -0.1) is 11.8 Å². The zero-order valence-corrected chi connectivity index (χ0v) is 11.9. The Morgan fingerprint density at radius 3 is 2.68 bits per heavy atom. The molecule has 9 heteroatoms. The van der Waals surface area contributed by atoms with Gasteiger partial charge in [0.15, 0.2) is 0 Å². The van der Waals surface area contributed by atoms with E-state index in [-0.39, 0.29) is 22.9 Å². The zero-order valence-electron chi connectivity index (χ0n) is 9.46. The molecule has 0 aliphatic carbocycles. The van der Waals surface area contributed by atoms with Crippen LogP contribution in [0, 0.1) is 10.1 Å². The van der Waals surface area contributed by atoms with Crippen molar-refractivity contribution in [1.29, 1.82) is 0 Å². The first-order chi connectivity index (χ1) is 8.90. The maximum Gasteiger partial charge on any atom is 0.313 e. The van der Waals surface area contributed by atoms with E-state index in [1.54, 1.807) is 0 Å². The lowest BCUT2D eigenvalue weighted by Gasteiger charge is -2.05. The van der Waals surface area contributed by atoms with Crippen LogP contribution in [0.3, 0.4) is 0 Å². The number of thioether (sulfide) groups is 1. The Hall–Kier alpha value is -1.61. The molecule has 0 aliphatic heterocycles. The van der Waals surface area contributed by atoms with Crippen molar-refractivity contribution in [3.63, 3.8) is 0 Å². The number of nitrogens with zero attached hydrogens (tertiary/aromatic N) is 1. The average Bonchev–Trinajstić information content (AvgIpc) is 2.30. The summed E-state index contributed by atoms with van der Waals surface area (Å²) in [6.45, 7) is 0. The lowest BCUT2D eigenvalue weighted by molar-refractivity contribution is -0.385. The Bertz CT molecular complexity index is 523. The number of hydrogen-bond acceptors (Lipinski definition) is 5. The van der Waals surface area contributed by atoms with Crippen LogP contribution in [0.2, 0.25) is 0 Å². The Morgan fingerprint density at radius 2 is 2.11 bits per heavy atom. The monoisotopic (exact) mass is 348 g/mol. The van der Waals surface area contributed by atoms with Gasteiger partial charge in [-0.3, -0.25) is 19.7 Å². The standard InChI is InChI=1S/C10H9BrN2O5S/c11-7-2-1-6(3-8(7)13(17)18)12-9(14)4-19-5-10(15)16/h1-3H,4-5H2,(H,12,14)(H,15,16). The molecule has 7 nitrogen and oxygen atoms in total. The summed E-state index contributed by atoms with van der Waals surface area (Å²) in [5, 5.41) is 21.6. The molecule has 19 heavy (non-hydrogen) atoms. The smallest absolute Gasteiger partial charge is 0.313 e. The van der Waals surface area contributed by atoms with E-state index in [0.717, 1.165) is 11.8 Å². The van der Waals surface area contributed by atoms with Gasteiger partial charge in [0.05, 0.1) is 20.9 Å². The fraction of sp³-hybridized carbons (Fsp3) is 0.200. The first-order valence-electron chi connectivity index (χ1n) is 4.93. The fourth-order valence-corrected chi connectivity index (χ4v) is 2.08. The normalized spacial score (nSPS) is 9.95. The molecule has 0 fully saturated rings. The highest BCUT2D eigenvalue weighted by atomic mass is 79.9. The fourth-order valence-electron chi connectivity index (χ4n) is 1.16. The number of carboxylic acid groups (broad SMARTS) is 1. The Balaban J connectivity index is 2.62. The molecular weight excluding hydrogens is 340 g/mol. The molecule has 2 N–H and O–H groups in total. The van der Waals surface area contributed by atoms with Crippen LogP contribution in [0.4, 0.5) is 11.4 Å². The second-order valence-electron chi connectivity index (χ2n) is 3.36. The molecule has 0 radical (unpaired) electrons. The van der Waals surface area contributed by atoms with Crippen LogP contribution in [0.1, 0.15) is 0 Å². The topological polar surface area (TPSA) is 110 Å². The maximum absolute atomic E-state index is 11.5. The van der Waals surface area contributed by atoms with Gasteiger partial charge in [-0.25, -0.2) is 0 Å². The molecule has 0 saturated carbocycles. The van der Waals surface area contributed by atoms with Gasteiger partial charge in [-0.1, -0.05) is 0 Å². The Morgan fingerprint density at radius 1 is 1.42 bits per heavy atom. The van der Waals surface area contributed by atoms with Crippen LogP contribution in [0.15, 0.2) is 22.7 Å². The number of nitro benzene ring substituents is 1. The van der Waals surface area contributed by atoms with Crippen LogP contribution < -0.4 is 5.32 Å². The van der Waals surface area contributed by atoms with Gasteiger partial charge in [0, 0.05) is 11.8 Å². The second kappa shape index (κ2) is 7.10. The summed E-state index contributed by atoms with van der Waals surface area (Å²) >= 11 is 3.98. The third kappa shape index (κ3) is 5.26. The largest absolute Gasteiger partial charge is 0.481 e. The van der Waals surface area contributed by atoms with Gasteiger partial charge in [0.2, 0.25) is 5.91 Å². The number of amides is 1. The minimum absolute atomic E-state index is 0.0316. The number of aliphatic carboxylic acids is 1. The first kappa shape index (κ1) is 15.4. The Kier molecular flexibility index (Phi) is 5.77. The van der Waals surface area contributed by atoms with Crippen molar-refractivity contribution in [2.45, 2.75) is 0 Å². The van der Waals surface area contributed by atoms with Crippen LogP contribution in [-0.2, 0) is 9.59 Å². The van der Waals surface area contributed by atoms with Crippen molar-refractivity contribution in [1.82, 2.24) is 0 Å². The SMILES string of the molecule is O=C(O)CSCC(=O)Nc1ccc(Br)c([N+](=O)[O-])c1. The van der Waals surface area contributed by atoms with E-state index in [9.17, 15) is 19.7 Å². The predicted octanol–water partition coefficient (Wildman–Crippen LogP) is 2.11. The molecule has 0 aromatic heterocycles. The quantitative estimate of drug-likeness (QED) is 0.601. The number of carbonyl (C=O) groups is 2. The van der Waals surface area contributed by atoms with E-state index < -0.39 is 16.8 Å². The highest BCUT2D eigenvalue weighted by Gasteiger charge is 2.13. The van der Waals surface area contributed by atoms with Crippen molar-refractivity contribution in [2.75, 3.05) is 16.8 Å². The van der Waals surface area contributed by atoms with E-state index in [1.807, 2.05) is 0 Å². The first-order valence-corrected chi connectivity index (χ1v) is 6.88. The summed E-state index contributed by atoms with van der Waals surface area (Å²) in [5.74, 6) is -1.62. The Labute approximate surface area is 120 Å². The second-order valence-corrected chi connectivity index (χ2v) is 5.20. The summed E-state index contributed by atoms with van der Waals surface area (Å²) in [4.78, 5) is 31.8. The summed E-state index contributed by atoms with van der Waals surface area (Å²) < 4.78 is 0.316. The molecular formula is C10H9BrN2O5S. The number of nitro groups is 1. The molecule has 102 valence electrons. The minimum Gasteiger partial charge on any atom is -0.481 e. The molecule has 0 unspecified atom stereocenters. The lowest BCUT2D eigenvalue weighted by Crippen LogP contribution is -2.15. The molecule has 1 aromatic carbocycles. The van der Waals surface area contributed by atoms with Crippen molar-refractivity contribution < 1.29 is 19.6 Å². The molecule has 1 aromatic rings. The van der Waals surface area contributed by atoms with Crippen LogP contribution in [-0.4, -0.2) is 33.4 Å². The van der Waals surface area contributed by atoms with Crippen LogP contribution in [0.5, 0.6) is 0 Å². The number of benzene rings is 1. The number of anilines is 1.